The zero-order chi connectivity index (χ0) is 15.1. The van der Waals surface area contributed by atoms with Crippen LogP contribution >= 0.6 is 11.6 Å². The molecule has 0 amide bonds. The Morgan fingerprint density at radius 1 is 1.14 bits per heavy atom. The predicted octanol–water partition coefficient (Wildman–Crippen LogP) is 4.59. The molecule has 2 rings (SSSR count). The minimum Gasteiger partial charge on any atom is -0.457 e. The molecule has 0 fully saturated rings. The van der Waals surface area contributed by atoms with Crippen LogP contribution in [0.2, 0.25) is 5.02 Å². The topological polar surface area (TPSA) is 34.1 Å². The monoisotopic (exact) mass is 304 g/mol. The lowest BCUT2D eigenvalue weighted by Crippen LogP contribution is -2.14. The highest BCUT2D eigenvalue weighted by Crippen LogP contribution is 2.26. The molecule has 3 nitrogen and oxygen atoms in total. The number of aromatic nitrogens is 1. The summed E-state index contributed by atoms with van der Waals surface area (Å²) < 4.78 is 5.90. The van der Waals surface area contributed by atoms with Crippen LogP contribution in [0.25, 0.3) is 0 Å². The molecular formula is C17H21ClN2O. The number of hydrogen-bond acceptors (Lipinski definition) is 3. The van der Waals surface area contributed by atoms with Gasteiger partial charge in [-0.15, -0.1) is 0 Å². The molecule has 0 saturated heterocycles. The third-order valence-corrected chi connectivity index (χ3v) is 3.52. The first-order chi connectivity index (χ1) is 10.2. The molecule has 0 aliphatic rings. The Hall–Kier alpha value is -1.58. The quantitative estimate of drug-likeness (QED) is 0.760. The number of pyridine rings is 1. The molecule has 21 heavy (non-hydrogen) atoms. The van der Waals surface area contributed by atoms with Crippen LogP contribution in [0.4, 0.5) is 0 Å². The van der Waals surface area contributed by atoms with Crippen LogP contribution in [-0.2, 0) is 13.0 Å². The van der Waals surface area contributed by atoms with Crippen LogP contribution in [-0.4, -0.2) is 11.5 Å². The van der Waals surface area contributed by atoms with Gasteiger partial charge in [0.25, 0.3) is 0 Å². The summed E-state index contributed by atoms with van der Waals surface area (Å²) in [4.78, 5) is 4.34. The van der Waals surface area contributed by atoms with E-state index in [0.717, 1.165) is 53.7 Å². The molecule has 0 unspecified atom stereocenters. The maximum absolute atomic E-state index is 6.12. The molecule has 0 spiro atoms. The van der Waals surface area contributed by atoms with E-state index in [1.165, 1.54) is 0 Å². The van der Waals surface area contributed by atoms with Gasteiger partial charge in [-0.2, -0.15) is 0 Å². The van der Waals surface area contributed by atoms with E-state index < -0.39 is 0 Å². The molecule has 0 aliphatic carbocycles. The van der Waals surface area contributed by atoms with Crippen molar-refractivity contribution in [1.29, 1.82) is 0 Å². The van der Waals surface area contributed by atoms with E-state index in [9.17, 15) is 0 Å². The Labute approximate surface area is 131 Å². The Kier molecular flexibility index (Phi) is 6.03. The molecule has 1 N–H and O–H groups in total. The second-order valence-corrected chi connectivity index (χ2v) is 5.28. The van der Waals surface area contributed by atoms with E-state index in [0.29, 0.717) is 0 Å². The second-order valence-electron chi connectivity index (χ2n) is 4.87. The number of benzene rings is 1. The van der Waals surface area contributed by atoms with E-state index in [2.05, 4.69) is 24.1 Å². The van der Waals surface area contributed by atoms with Crippen molar-refractivity contribution in [1.82, 2.24) is 10.3 Å². The largest absolute Gasteiger partial charge is 0.457 e. The molecule has 1 aromatic heterocycles. The first-order valence-corrected chi connectivity index (χ1v) is 7.72. The summed E-state index contributed by atoms with van der Waals surface area (Å²) in [6, 6.07) is 9.57. The van der Waals surface area contributed by atoms with Crippen LogP contribution in [0.15, 0.2) is 36.5 Å². The van der Waals surface area contributed by atoms with Gasteiger partial charge in [-0.25, -0.2) is 0 Å². The maximum atomic E-state index is 6.12. The highest BCUT2D eigenvalue weighted by molar-refractivity contribution is 6.31. The van der Waals surface area contributed by atoms with Crippen LogP contribution in [0.5, 0.6) is 11.5 Å². The number of halogens is 1. The molecule has 0 saturated carbocycles. The molecule has 0 atom stereocenters. The van der Waals surface area contributed by atoms with Crippen molar-refractivity contribution in [3.63, 3.8) is 0 Å². The van der Waals surface area contributed by atoms with E-state index in [1.54, 1.807) is 6.20 Å². The minimum atomic E-state index is 0.756. The molecule has 1 aromatic carbocycles. The van der Waals surface area contributed by atoms with Gasteiger partial charge in [0.2, 0.25) is 0 Å². The van der Waals surface area contributed by atoms with Crippen LogP contribution in [0.1, 0.15) is 31.5 Å². The van der Waals surface area contributed by atoms with Gasteiger partial charge in [-0.05, 0) is 49.2 Å². The van der Waals surface area contributed by atoms with Gasteiger partial charge in [0, 0.05) is 23.8 Å². The summed E-state index contributed by atoms with van der Waals surface area (Å²) in [5.41, 5.74) is 2.07. The van der Waals surface area contributed by atoms with Crippen molar-refractivity contribution in [2.45, 2.75) is 33.2 Å². The fourth-order valence-electron chi connectivity index (χ4n) is 2.03. The van der Waals surface area contributed by atoms with Crippen molar-refractivity contribution in [2.75, 3.05) is 6.54 Å². The zero-order valence-electron chi connectivity index (χ0n) is 12.5. The Balaban J connectivity index is 2.07. The minimum absolute atomic E-state index is 0.756. The summed E-state index contributed by atoms with van der Waals surface area (Å²) in [6.07, 6.45) is 3.77. The lowest BCUT2D eigenvalue weighted by Gasteiger charge is -2.09. The van der Waals surface area contributed by atoms with Gasteiger partial charge in [0.1, 0.15) is 11.5 Å². The molecule has 1 heterocycles. The highest BCUT2D eigenvalue weighted by Gasteiger charge is 2.04. The van der Waals surface area contributed by atoms with Crippen LogP contribution in [0.3, 0.4) is 0 Å². The summed E-state index contributed by atoms with van der Waals surface area (Å²) in [7, 11) is 0. The highest BCUT2D eigenvalue weighted by atomic mass is 35.5. The fraction of sp³-hybridized carbons (Fsp3) is 0.353. The first-order valence-electron chi connectivity index (χ1n) is 7.34. The maximum Gasteiger partial charge on any atom is 0.130 e. The molecule has 2 aromatic rings. The number of ether oxygens (including phenoxy) is 1. The van der Waals surface area contributed by atoms with Crippen LogP contribution in [0, 0.1) is 0 Å². The number of hydrogen-bond donors (Lipinski definition) is 1. The van der Waals surface area contributed by atoms with Crippen molar-refractivity contribution >= 4 is 11.6 Å². The van der Waals surface area contributed by atoms with E-state index >= 15 is 0 Å². The number of nitrogens with one attached hydrogen (secondary N) is 1. The van der Waals surface area contributed by atoms with Crippen molar-refractivity contribution in [3.05, 3.63) is 52.8 Å². The van der Waals surface area contributed by atoms with Gasteiger partial charge in [-0.1, -0.05) is 25.4 Å². The summed E-state index contributed by atoms with van der Waals surface area (Å²) in [5, 5.41) is 4.11. The Morgan fingerprint density at radius 3 is 2.71 bits per heavy atom. The molecule has 0 aliphatic heterocycles. The molecule has 0 radical (unpaired) electrons. The fourth-order valence-corrected chi connectivity index (χ4v) is 2.28. The summed E-state index contributed by atoms with van der Waals surface area (Å²) in [6.45, 7) is 5.97. The third-order valence-electron chi connectivity index (χ3n) is 3.15. The number of nitrogens with zero attached hydrogens (tertiary/aromatic N) is 1. The summed E-state index contributed by atoms with van der Waals surface area (Å²) >= 11 is 6.12. The van der Waals surface area contributed by atoms with Crippen molar-refractivity contribution < 1.29 is 4.74 Å². The Morgan fingerprint density at radius 2 is 1.95 bits per heavy atom. The van der Waals surface area contributed by atoms with Gasteiger partial charge in [0.15, 0.2) is 0 Å². The van der Waals surface area contributed by atoms with Crippen LogP contribution < -0.4 is 10.1 Å². The third kappa shape index (κ3) is 4.73. The molecular weight excluding hydrogens is 284 g/mol. The van der Waals surface area contributed by atoms with Crippen molar-refractivity contribution in [2.24, 2.45) is 0 Å². The standard InChI is InChI=1S/C17H21ClN2O/c1-3-8-19-12-14-11-16(7-9-20-14)21-15-5-6-17(18)13(4-2)10-15/h5-7,9-11,19H,3-4,8,12H2,1-2H3. The van der Waals surface area contributed by atoms with E-state index in [1.807, 2.05) is 30.3 Å². The zero-order valence-corrected chi connectivity index (χ0v) is 13.3. The summed E-state index contributed by atoms with van der Waals surface area (Å²) in [5.74, 6) is 1.59. The van der Waals surface area contributed by atoms with E-state index in [-0.39, 0.29) is 0 Å². The molecule has 0 bridgehead atoms. The Bertz CT molecular complexity index is 587. The number of rotatable bonds is 7. The second kappa shape index (κ2) is 8.01. The number of aryl methyl sites for hydroxylation is 1. The molecule has 112 valence electrons. The average Bonchev–Trinajstić information content (AvgIpc) is 2.50. The van der Waals surface area contributed by atoms with Gasteiger partial charge in [0.05, 0.1) is 5.69 Å². The lowest BCUT2D eigenvalue weighted by molar-refractivity contribution is 0.479. The lowest BCUT2D eigenvalue weighted by atomic mass is 10.1. The predicted molar refractivity (Wildman–Crippen MR) is 87.1 cm³/mol. The molecule has 4 heteroatoms. The van der Waals surface area contributed by atoms with Gasteiger partial charge < -0.3 is 10.1 Å². The van der Waals surface area contributed by atoms with Crippen molar-refractivity contribution in [3.8, 4) is 11.5 Å². The van der Waals surface area contributed by atoms with E-state index in [4.69, 9.17) is 16.3 Å². The van der Waals surface area contributed by atoms with Gasteiger partial charge >= 0.3 is 0 Å². The first kappa shape index (κ1) is 15.8. The normalized spacial score (nSPS) is 10.6. The average molecular weight is 305 g/mol. The van der Waals surface area contributed by atoms with Gasteiger partial charge in [-0.3, -0.25) is 4.98 Å². The SMILES string of the molecule is CCCNCc1cc(Oc2ccc(Cl)c(CC)c2)ccn1. The smallest absolute Gasteiger partial charge is 0.130 e.